The number of thiazole rings is 1. The Bertz CT molecular complexity index is 879. The van der Waals surface area contributed by atoms with Gasteiger partial charge in [-0.05, 0) is 35.9 Å². The van der Waals surface area contributed by atoms with Crippen LogP contribution in [0.3, 0.4) is 0 Å². The van der Waals surface area contributed by atoms with E-state index in [0.717, 1.165) is 32.7 Å². The molecule has 0 N–H and O–H groups in total. The second-order valence-corrected chi connectivity index (χ2v) is 7.09. The van der Waals surface area contributed by atoms with Crippen LogP contribution in [0.5, 0.6) is 5.75 Å². The predicted molar refractivity (Wildman–Crippen MR) is 98.4 cm³/mol. The molecule has 0 aliphatic carbocycles. The number of benzene rings is 2. The molecule has 0 saturated carbocycles. The second-order valence-electron chi connectivity index (χ2n) is 5.45. The summed E-state index contributed by atoms with van der Waals surface area (Å²) in [6, 6.07) is 13.8. The highest BCUT2D eigenvalue weighted by Crippen LogP contribution is 2.36. The first kappa shape index (κ1) is 15.4. The third-order valence-electron chi connectivity index (χ3n) is 3.88. The summed E-state index contributed by atoms with van der Waals surface area (Å²) in [7, 11) is 0. The minimum absolute atomic E-state index is 0.0409. The van der Waals surface area contributed by atoms with Crippen LogP contribution in [0.4, 0.5) is 5.69 Å². The summed E-state index contributed by atoms with van der Waals surface area (Å²) in [6.07, 6.45) is 0. The predicted octanol–water partition coefficient (Wildman–Crippen LogP) is 4.50. The molecular weight excluding hydrogens is 388 g/mol. The van der Waals surface area contributed by atoms with Gasteiger partial charge in [-0.3, -0.25) is 4.79 Å². The first-order valence-electron chi connectivity index (χ1n) is 7.41. The van der Waals surface area contributed by atoms with Crippen molar-refractivity contribution in [3.8, 4) is 17.0 Å². The van der Waals surface area contributed by atoms with Gasteiger partial charge in [0.2, 0.25) is 0 Å². The van der Waals surface area contributed by atoms with Crippen molar-refractivity contribution < 1.29 is 9.53 Å². The van der Waals surface area contributed by atoms with Crippen LogP contribution in [-0.2, 0) is 11.3 Å². The highest BCUT2D eigenvalue weighted by atomic mass is 79.9. The van der Waals surface area contributed by atoms with Crippen molar-refractivity contribution in [2.75, 3.05) is 11.5 Å². The van der Waals surface area contributed by atoms with Crippen LogP contribution < -0.4 is 9.64 Å². The van der Waals surface area contributed by atoms with Crippen molar-refractivity contribution in [3.05, 3.63) is 63.4 Å². The molecular formula is C18H13BrN2O2S. The summed E-state index contributed by atoms with van der Waals surface area (Å²) in [5, 5.41) is 1.99. The number of fused-ring (bicyclic) bond motifs is 1. The summed E-state index contributed by atoms with van der Waals surface area (Å²) in [5.74, 6) is 0.687. The molecule has 0 saturated heterocycles. The first-order valence-corrected chi connectivity index (χ1v) is 9.14. The number of nitrogens with zero attached hydrogens (tertiary/aromatic N) is 2. The van der Waals surface area contributed by atoms with Gasteiger partial charge in [-0.15, -0.1) is 11.3 Å². The van der Waals surface area contributed by atoms with Crippen LogP contribution in [0.2, 0.25) is 0 Å². The zero-order valence-corrected chi connectivity index (χ0v) is 15.0. The van der Waals surface area contributed by atoms with Gasteiger partial charge in [-0.25, -0.2) is 4.98 Å². The number of carbonyl (C=O) groups is 1. The maximum Gasteiger partial charge on any atom is 0.265 e. The molecule has 1 aliphatic heterocycles. The molecule has 120 valence electrons. The summed E-state index contributed by atoms with van der Waals surface area (Å²) in [5.41, 5.74) is 5.55. The van der Waals surface area contributed by atoms with E-state index >= 15 is 0 Å². The third kappa shape index (κ3) is 2.95. The fourth-order valence-corrected chi connectivity index (χ4v) is 3.49. The molecule has 0 bridgehead atoms. The van der Waals surface area contributed by atoms with Crippen molar-refractivity contribution in [1.29, 1.82) is 0 Å². The van der Waals surface area contributed by atoms with E-state index in [1.165, 1.54) is 0 Å². The number of rotatable bonds is 3. The molecule has 24 heavy (non-hydrogen) atoms. The van der Waals surface area contributed by atoms with Crippen LogP contribution >= 0.6 is 27.3 Å². The smallest absolute Gasteiger partial charge is 0.265 e. The molecule has 2 heterocycles. The van der Waals surface area contributed by atoms with E-state index in [9.17, 15) is 4.79 Å². The van der Waals surface area contributed by atoms with Crippen LogP contribution in [0.1, 0.15) is 5.56 Å². The maximum absolute atomic E-state index is 12.4. The highest BCUT2D eigenvalue weighted by Gasteiger charge is 2.26. The third-order valence-corrected chi connectivity index (χ3v) is 5.00. The second kappa shape index (κ2) is 6.37. The lowest BCUT2D eigenvalue weighted by Crippen LogP contribution is -2.38. The zero-order chi connectivity index (χ0) is 16.5. The standard InChI is InChI=1S/C18H13BrN2O2S/c19-14-4-1-12(2-5-14)8-21-16-7-13(15-10-24-11-20-15)3-6-17(16)23-9-18(21)22/h1-7,10-11H,8-9H2. The Kier molecular flexibility index (Phi) is 4.08. The van der Waals surface area contributed by atoms with Crippen molar-refractivity contribution in [2.24, 2.45) is 0 Å². The topological polar surface area (TPSA) is 42.4 Å². The molecule has 1 amide bonds. The molecule has 2 aromatic carbocycles. The molecule has 4 rings (SSSR count). The Labute approximate surface area is 151 Å². The Hall–Kier alpha value is -2.18. The lowest BCUT2D eigenvalue weighted by atomic mass is 10.1. The van der Waals surface area contributed by atoms with Gasteiger partial charge in [-0.1, -0.05) is 28.1 Å². The molecule has 0 atom stereocenters. The molecule has 0 unspecified atom stereocenters. The number of halogens is 1. The minimum Gasteiger partial charge on any atom is -0.482 e. The van der Waals surface area contributed by atoms with E-state index in [1.54, 1.807) is 21.7 Å². The van der Waals surface area contributed by atoms with Crippen LogP contribution in [0.25, 0.3) is 11.3 Å². The van der Waals surface area contributed by atoms with E-state index in [-0.39, 0.29) is 12.5 Å². The molecule has 0 spiro atoms. The van der Waals surface area contributed by atoms with Gasteiger partial charge in [-0.2, -0.15) is 0 Å². The Morgan fingerprint density at radius 1 is 1.21 bits per heavy atom. The Balaban J connectivity index is 1.71. The van der Waals surface area contributed by atoms with Crippen molar-refractivity contribution >= 4 is 38.9 Å². The summed E-state index contributed by atoms with van der Waals surface area (Å²) >= 11 is 4.98. The average Bonchev–Trinajstić information content (AvgIpc) is 3.13. The number of hydrogen-bond acceptors (Lipinski definition) is 4. The largest absolute Gasteiger partial charge is 0.482 e. The normalized spacial score (nSPS) is 13.5. The van der Waals surface area contributed by atoms with Gasteiger partial charge < -0.3 is 9.64 Å². The van der Waals surface area contributed by atoms with E-state index in [2.05, 4.69) is 20.9 Å². The first-order chi connectivity index (χ1) is 11.7. The fraction of sp³-hybridized carbons (Fsp3) is 0.111. The molecule has 0 radical (unpaired) electrons. The summed E-state index contributed by atoms with van der Waals surface area (Å²) < 4.78 is 6.60. The Morgan fingerprint density at radius 3 is 2.79 bits per heavy atom. The van der Waals surface area contributed by atoms with E-state index in [1.807, 2.05) is 47.8 Å². The average molecular weight is 401 g/mol. The quantitative estimate of drug-likeness (QED) is 0.649. The number of aromatic nitrogens is 1. The van der Waals surface area contributed by atoms with Gasteiger partial charge >= 0.3 is 0 Å². The lowest BCUT2D eigenvalue weighted by molar-refractivity contribution is -0.121. The maximum atomic E-state index is 12.4. The number of hydrogen-bond donors (Lipinski definition) is 0. The summed E-state index contributed by atoms with van der Waals surface area (Å²) in [4.78, 5) is 18.5. The van der Waals surface area contributed by atoms with Crippen molar-refractivity contribution in [3.63, 3.8) is 0 Å². The van der Waals surface area contributed by atoms with Crippen LogP contribution in [0, 0.1) is 0 Å². The van der Waals surface area contributed by atoms with E-state index in [0.29, 0.717) is 6.54 Å². The zero-order valence-electron chi connectivity index (χ0n) is 12.6. The van der Waals surface area contributed by atoms with E-state index < -0.39 is 0 Å². The number of carbonyl (C=O) groups excluding carboxylic acids is 1. The fourth-order valence-electron chi connectivity index (χ4n) is 2.66. The molecule has 3 aromatic rings. The monoisotopic (exact) mass is 400 g/mol. The van der Waals surface area contributed by atoms with Crippen molar-refractivity contribution in [1.82, 2.24) is 4.98 Å². The van der Waals surface area contributed by atoms with Crippen LogP contribution in [0.15, 0.2) is 57.8 Å². The number of amides is 1. The molecule has 0 fully saturated rings. The SMILES string of the molecule is O=C1COc2ccc(-c3cscn3)cc2N1Cc1ccc(Br)cc1. The minimum atomic E-state index is -0.0409. The molecule has 4 nitrogen and oxygen atoms in total. The van der Waals surface area contributed by atoms with Crippen molar-refractivity contribution in [2.45, 2.75) is 6.54 Å². The van der Waals surface area contributed by atoms with Gasteiger partial charge in [0.1, 0.15) is 5.75 Å². The number of ether oxygens (including phenoxy) is 1. The molecule has 1 aliphatic rings. The van der Waals surface area contributed by atoms with Gasteiger partial charge in [0.25, 0.3) is 5.91 Å². The molecule has 1 aromatic heterocycles. The van der Waals surface area contributed by atoms with Gasteiger partial charge in [0, 0.05) is 15.4 Å². The summed E-state index contributed by atoms with van der Waals surface area (Å²) in [6.45, 7) is 0.586. The van der Waals surface area contributed by atoms with Crippen LogP contribution in [-0.4, -0.2) is 17.5 Å². The van der Waals surface area contributed by atoms with Gasteiger partial charge in [0.05, 0.1) is 23.4 Å². The lowest BCUT2D eigenvalue weighted by Gasteiger charge is -2.30. The Morgan fingerprint density at radius 2 is 2.04 bits per heavy atom. The molecule has 6 heteroatoms. The highest BCUT2D eigenvalue weighted by molar-refractivity contribution is 9.10. The number of anilines is 1. The van der Waals surface area contributed by atoms with Gasteiger partial charge in [0.15, 0.2) is 6.61 Å². The van der Waals surface area contributed by atoms with E-state index in [4.69, 9.17) is 4.74 Å².